The number of rotatable bonds is 1. The van der Waals surface area contributed by atoms with Gasteiger partial charge in [-0.2, -0.15) is 0 Å². The Morgan fingerprint density at radius 2 is 2.50 bits per heavy atom. The molecule has 0 aliphatic heterocycles. The number of hydrogen-bond donors (Lipinski definition) is 2. The first kappa shape index (κ1) is 5.98. The summed E-state index contributed by atoms with van der Waals surface area (Å²) in [6.45, 7) is 3.38. The highest BCUT2D eigenvalue weighted by Gasteiger charge is 1.73. The Labute approximate surface area is 48.0 Å². The summed E-state index contributed by atoms with van der Waals surface area (Å²) in [5.74, 6) is 0. The van der Waals surface area contributed by atoms with Gasteiger partial charge in [-0.05, 0) is 6.08 Å². The minimum atomic E-state index is 0.554. The molecule has 3 heteroatoms. The van der Waals surface area contributed by atoms with Crippen LogP contribution < -0.4 is 4.72 Å². The molecule has 0 heterocycles. The predicted molar refractivity (Wildman–Crippen MR) is 34.9 cm³/mol. The van der Waals surface area contributed by atoms with Gasteiger partial charge in [0.15, 0.2) is 0 Å². The Kier molecular flexibility index (Phi) is 3.17. The van der Waals surface area contributed by atoms with Gasteiger partial charge < -0.3 is 4.72 Å². The van der Waals surface area contributed by atoms with Gasteiger partial charge in [-0.1, -0.05) is 31.6 Å². The quantitative estimate of drug-likeness (QED) is 0.302. The van der Waals surface area contributed by atoms with Gasteiger partial charge in [-0.25, -0.2) is 0 Å². The van der Waals surface area contributed by atoms with Crippen molar-refractivity contribution in [3.8, 4) is 0 Å². The summed E-state index contributed by atoms with van der Waals surface area (Å²) in [5.41, 5.74) is 0. The van der Waals surface area contributed by atoms with Gasteiger partial charge in [0.2, 0.25) is 0 Å². The van der Waals surface area contributed by atoms with E-state index in [1.807, 2.05) is 0 Å². The molecule has 0 saturated heterocycles. The number of thiol groups is 1. The van der Waals surface area contributed by atoms with Crippen molar-refractivity contribution in [3.63, 3.8) is 0 Å². The van der Waals surface area contributed by atoms with Gasteiger partial charge in [0, 0.05) is 0 Å². The van der Waals surface area contributed by atoms with E-state index in [1.54, 1.807) is 0 Å². The van der Waals surface area contributed by atoms with E-state index in [9.17, 15) is 0 Å². The molecule has 0 atom stereocenters. The Bertz CT molecular complexity index is 69.2. The molecule has 0 fully saturated rings. The zero-order valence-electron chi connectivity index (χ0n) is 3.14. The van der Waals surface area contributed by atoms with Crippen molar-refractivity contribution in [2.45, 2.75) is 0 Å². The van der Waals surface area contributed by atoms with E-state index >= 15 is 0 Å². The lowest BCUT2D eigenvalue weighted by Crippen LogP contribution is -2.03. The molecule has 0 aromatic heterocycles. The molecule has 0 amide bonds. The highest BCUT2D eigenvalue weighted by atomic mass is 32.1. The van der Waals surface area contributed by atoms with Gasteiger partial charge in [0.1, 0.15) is 4.99 Å². The van der Waals surface area contributed by atoms with Crippen LogP contribution in [0.3, 0.4) is 0 Å². The topological polar surface area (TPSA) is 12.0 Å². The lowest BCUT2D eigenvalue weighted by Gasteiger charge is -1.85. The molecule has 0 bridgehead atoms. The van der Waals surface area contributed by atoms with Crippen LogP contribution >= 0.6 is 25.0 Å². The molecular weight excluding hydrogens is 114 g/mol. The van der Waals surface area contributed by atoms with E-state index in [2.05, 4.69) is 36.3 Å². The smallest absolute Gasteiger partial charge is 0.108 e. The monoisotopic (exact) mass is 119 g/mol. The number of thiocarbonyl (C=S) groups is 1. The Morgan fingerprint density at radius 3 is 2.50 bits per heavy atom. The van der Waals surface area contributed by atoms with E-state index in [0.717, 1.165) is 0 Å². The molecule has 0 spiro atoms. The van der Waals surface area contributed by atoms with Gasteiger partial charge in [0.05, 0.1) is 0 Å². The summed E-state index contributed by atoms with van der Waals surface area (Å²) in [7, 11) is 0. The van der Waals surface area contributed by atoms with Crippen LogP contribution in [0.15, 0.2) is 12.7 Å². The van der Waals surface area contributed by atoms with Gasteiger partial charge in [-0.15, -0.1) is 0 Å². The van der Waals surface area contributed by atoms with Crippen molar-refractivity contribution in [2.75, 3.05) is 0 Å². The molecule has 0 rings (SSSR count). The van der Waals surface area contributed by atoms with Crippen molar-refractivity contribution in [2.24, 2.45) is 0 Å². The molecule has 1 N–H and O–H groups in total. The highest BCUT2D eigenvalue weighted by Crippen LogP contribution is 1.70. The fourth-order valence-electron chi connectivity index (χ4n) is 0.0456. The van der Waals surface area contributed by atoms with Crippen LogP contribution in [-0.4, -0.2) is 4.99 Å². The van der Waals surface area contributed by atoms with Crippen LogP contribution in [0.25, 0.3) is 0 Å². The molecule has 0 saturated carbocycles. The fraction of sp³-hybridized carbons (Fsp3) is 0. The third kappa shape index (κ3) is 2.23. The van der Waals surface area contributed by atoms with E-state index in [0.29, 0.717) is 4.99 Å². The number of hydrogen-bond acceptors (Lipinski definition) is 2. The second kappa shape index (κ2) is 3.18. The first-order valence-electron chi connectivity index (χ1n) is 1.37. The Hall–Kier alpha value is -0.0200. The average molecular weight is 119 g/mol. The molecule has 0 aliphatic rings. The van der Waals surface area contributed by atoms with Crippen molar-refractivity contribution in [1.29, 1.82) is 0 Å². The average Bonchev–Trinajstić information content (AvgIpc) is 1.65. The van der Waals surface area contributed by atoms with Crippen LogP contribution in [-0.2, 0) is 0 Å². The fourth-order valence-corrected chi connectivity index (χ4v) is 0.137. The van der Waals surface area contributed by atoms with Crippen molar-refractivity contribution in [3.05, 3.63) is 12.7 Å². The summed E-state index contributed by atoms with van der Waals surface area (Å²) in [4.78, 5) is 0.554. The molecule has 0 unspecified atom stereocenters. The summed E-state index contributed by atoms with van der Waals surface area (Å²) < 4.78 is 2.42. The minimum Gasteiger partial charge on any atom is -0.323 e. The lowest BCUT2D eigenvalue weighted by molar-refractivity contribution is 1.63. The summed E-state index contributed by atoms with van der Waals surface area (Å²) >= 11 is 8.18. The predicted octanol–water partition coefficient (Wildman–Crippen LogP) is 0.934. The Balaban J connectivity index is 3.23. The zero-order chi connectivity index (χ0) is 4.99. The molecule has 6 heavy (non-hydrogen) atoms. The molecule has 1 nitrogen and oxygen atoms in total. The first-order valence-corrected chi connectivity index (χ1v) is 2.23. The second-order valence-corrected chi connectivity index (χ2v) is 1.34. The van der Waals surface area contributed by atoms with E-state index in [-0.39, 0.29) is 0 Å². The third-order valence-electron chi connectivity index (χ3n) is 0.296. The van der Waals surface area contributed by atoms with Crippen LogP contribution in [0.4, 0.5) is 0 Å². The second-order valence-electron chi connectivity index (χ2n) is 0.680. The molecular formula is C3H5NS2. The summed E-state index contributed by atoms with van der Waals surface area (Å²) in [6.07, 6.45) is 1.52. The Morgan fingerprint density at radius 1 is 2.00 bits per heavy atom. The van der Waals surface area contributed by atoms with Gasteiger partial charge in [0.25, 0.3) is 0 Å². The van der Waals surface area contributed by atoms with Gasteiger partial charge in [-0.3, -0.25) is 0 Å². The van der Waals surface area contributed by atoms with Crippen LogP contribution in [0.1, 0.15) is 0 Å². The van der Waals surface area contributed by atoms with E-state index in [4.69, 9.17) is 0 Å². The van der Waals surface area contributed by atoms with Crippen molar-refractivity contribution < 1.29 is 0 Å². The van der Waals surface area contributed by atoms with E-state index in [1.165, 1.54) is 6.08 Å². The summed E-state index contributed by atoms with van der Waals surface area (Å²) in [5, 5.41) is 0. The highest BCUT2D eigenvalue weighted by molar-refractivity contribution is 7.84. The minimum absolute atomic E-state index is 0.554. The third-order valence-corrected chi connectivity index (χ3v) is 0.957. The zero-order valence-corrected chi connectivity index (χ0v) is 4.85. The maximum absolute atomic E-state index is 4.55. The van der Waals surface area contributed by atoms with Crippen LogP contribution in [0.2, 0.25) is 0 Å². The molecule has 0 aliphatic carbocycles. The van der Waals surface area contributed by atoms with Crippen LogP contribution in [0.5, 0.6) is 0 Å². The SMILES string of the molecule is C=CC(=S)NS. The molecule has 0 aromatic rings. The normalized spacial score (nSPS) is 6.83. The lowest BCUT2D eigenvalue weighted by atomic mass is 10.7. The van der Waals surface area contributed by atoms with E-state index < -0.39 is 0 Å². The molecule has 0 aromatic carbocycles. The maximum Gasteiger partial charge on any atom is 0.108 e. The van der Waals surface area contributed by atoms with Gasteiger partial charge >= 0.3 is 0 Å². The van der Waals surface area contributed by atoms with Crippen LogP contribution in [0, 0.1) is 0 Å². The number of nitrogens with one attached hydrogen (secondary N) is 1. The molecule has 0 radical (unpaired) electrons. The van der Waals surface area contributed by atoms with Crippen molar-refractivity contribution >= 4 is 30.0 Å². The van der Waals surface area contributed by atoms with Crippen molar-refractivity contribution in [1.82, 2.24) is 4.72 Å². The maximum atomic E-state index is 4.55. The summed E-state index contributed by atoms with van der Waals surface area (Å²) in [6, 6.07) is 0. The first-order chi connectivity index (χ1) is 2.81. The largest absolute Gasteiger partial charge is 0.323 e. The molecule has 34 valence electrons. The standard InChI is InChI=1S/C3H5NS2/c1-2-3(5)4-6/h2,6H,1H2,(H,4,5).